The zero-order valence-corrected chi connectivity index (χ0v) is 12.0. The first kappa shape index (κ1) is 13.7. The number of phenolic OH excluding ortho intramolecular Hbond substituents is 1. The topological polar surface area (TPSA) is 61.3 Å². The van der Waals surface area contributed by atoms with E-state index >= 15 is 0 Å². The van der Waals surface area contributed by atoms with Gasteiger partial charge in [0.2, 0.25) is 0 Å². The molecule has 110 valence electrons. The lowest BCUT2D eigenvalue weighted by atomic mass is 10.1. The molecule has 0 atom stereocenters. The maximum Gasteiger partial charge on any atom is 0.134 e. The normalized spacial score (nSPS) is 14.4. The zero-order chi connectivity index (χ0) is 14.5. The summed E-state index contributed by atoms with van der Waals surface area (Å²) in [6.45, 7) is 2.98. The van der Waals surface area contributed by atoms with Gasteiger partial charge in [0.25, 0.3) is 0 Å². The van der Waals surface area contributed by atoms with Crippen LogP contribution < -0.4 is 10.2 Å². The summed E-state index contributed by atoms with van der Waals surface area (Å²) in [5.74, 6) is 2.18. The van der Waals surface area contributed by atoms with Crippen molar-refractivity contribution in [3.8, 4) is 5.75 Å². The summed E-state index contributed by atoms with van der Waals surface area (Å²) in [5.41, 5.74) is 1.19. The molecule has 2 N–H and O–H groups in total. The molecule has 1 aliphatic rings. The van der Waals surface area contributed by atoms with E-state index in [-0.39, 0.29) is 0 Å². The summed E-state index contributed by atoms with van der Waals surface area (Å²) in [6, 6.07) is 9.32. The molecule has 0 bridgehead atoms. The van der Waals surface area contributed by atoms with Crippen molar-refractivity contribution in [2.75, 3.05) is 29.9 Å². The highest BCUT2D eigenvalue weighted by atomic mass is 16.3. The third-order valence-electron chi connectivity index (χ3n) is 3.74. The molecule has 0 radical (unpaired) electrons. The highest BCUT2D eigenvalue weighted by molar-refractivity contribution is 5.49. The second-order valence-corrected chi connectivity index (χ2v) is 5.30. The fourth-order valence-electron chi connectivity index (χ4n) is 2.56. The summed E-state index contributed by atoms with van der Waals surface area (Å²) in [5, 5.41) is 12.6. The molecule has 5 heteroatoms. The number of phenols is 1. The highest BCUT2D eigenvalue weighted by Crippen LogP contribution is 2.19. The summed E-state index contributed by atoms with van der Waals surface area (Å²) >= 11 is 0. The summed E-state index contributed by atoms with van der Waals surface area (Å²) < 4.78 is 0. The molecule has 1 aromatic carbocycles. The predicted molar refractivity (Wildman–Crippen MR) is 83.8 cm³/mol. The van der Waals surface area contributed by atoms with Gasteiger partial charge in [-0.3, -0.25) is 0 Å². The van der Waals surface area contributed by atoms with E-state index in [9.17, 15) is 5.11 Å². The molecule has 2 heterocycles. The Kier molecular flexibility index (Phi) is 4.19. The Morgan fingerprint density at radius 3 is 2.62 bits per heavy atom. The van der Waals surface area contributed by atoms with Crippen LogP contribution in [0.4, 0.5) is 11.6 Å². The SMILES string of the molecule is Oc1ccc(CCNc2cc(N3CCCC3)ncn2)cc1. The number of rotatable bonds is 5. The summed E-state index contributed by atoms with van der Waals surface area (Å²) in [4.78, 5) is 10.9. The molecule has 0 saturated carbocycles. The average molecular weight is 284 g/mol. The quantitative estimate of drug-likeness (QED) is 0.883. The molecule has 0 amide bonds. The van der Waals surface area contributed by atoms with Crippen LogP contribution in [-0.2, 0) is 6.42 Å². The van der Waals surface area contributed by atoms with Crippen LogP contribution >= 0.6 is 0 Å². The molecule has 1 fully saturated rings. The van der Waals surface area contributed by atoms with Gasteiger partial charge < -0.3 is 15.3 Å². The fourth-order valence-corrected chi connectivity index (χ4v) is 2.56. The standard InChI is InChI=1S/C16H20N4O/c21-14-5-3-13(4-6-14)7-8-17-15-11-16(19-12-18-15)20-9-1-2-10-20/h3-6,11-12,21H,1-2,7-10H2,(H,17,18,19). The number of hydrogen-bond donors (Lipinski definition) is 2. The minimum atomic E-state index is 0.303. The molecule has 5 nitrogen and oxygen atoms in total. The van der Waals surface area contributed by atoms with Crippen LogP contribution in [0, 0.1) is 0 Å². The van der Waals surface area contributed by atoms with Crippen LogP contribution in [0.3, 0.4) is 0 Å². The Balaban J connectivity index is 1.55. The highest BCUT2D eigenvalue weighted by Gasteiger charge is 2.13. The maximum absolute atomic E-state index is 9.26. The van der Waals surface area contributed by atoms with Crippen molar-refractivity contribution in [2.24, 2.45) is 0 Å². The van der Waals surface area contributed by atoms with Crippen molar-refractivity contribution in [3.63, 3.8) is 0 Å². The van der Waals surface area contributed by atoms with Gasteiger partial charge in [0.05, 0.1) is 0 Å². The zero-order valence-electron chi connectivity index (χ0n) is 12.0. The molecule has 1 aromatic heterocycles. The van der Waals surface area contributed by atoms with Gasteiger partial charge in [-0.25, -0.2) is 9.97 Å². The lowest BCUT2D eigenvalue weighted by molar-refractivity contribution is 0.475. The Bertz CT molecular complexity index is 579. The van der Waals surface area contributed by atoms with Crippen LogP contribution in [0.15, 0.2) is 36.7 Å². The van der Waals surface area contributed by atoms with E-state index < -0.39 is 0 Å². The van der Waals surface area contributed by atoms with Gasteiger partial charge in [-0.1, -0.05) is 12.1 Å². The number of aromatic hydroxyl groups is 1. The Labute approximate surface area is 124 Å². The van der Waals surface area contributed by atoms with Gasteiger partial charge in [-0.15, -0.1) is 0 Å². The lowest BCUT2D eigenvalue weighted by Gasteiger charge is -2.16. The van der Waals surface area contributed by atoms with E-state index in [0.29, 0.717) is 5.75 Å². The van der Waals surface area contributed by atoms with Crippen molar-refractivity contribution in [2.45, 2.75) is 19.3 Å². The first-order chi connectivity index (χ1) is 10.3. The summed E-state index contributed by atoms with van der Waals surface area (Å²) in [7, 11) is 0. The number of nitrogens with one attached hydrogen (secondary N) is 1. The van der Waals surface area contributed by atoms with Crippen molar-refractivity contribution in [1.29, 1.82) is 0 Å². The third kappa shape index (κ3) is 3.62. The average Bonchev–Trinajstić information content (AvgIpc) is 3.04. The van der Waals surface area contributed by atoms with E-state index in [0.717, 1.165) is 37.7 Å². The van der Waals surface area contributed by atoms with Crippen LogP contribution in [0.25, 0.3) is 0 Å². The van der Waals surface area contributed by atoms with Crippen LogP contribution in [0.5, 0.6) is 5.75 Å². The van der Waals surface area contributed by atoms with Crippen LogP contribution in [0.2, 0.25) is 0 Å². The molecule has 0 spiro atoms. The number of anilines is 2. The van der Waals surface area contributed by atoms with Gasteiger partial charge >= 0.3 is 0 Å². The van der Waals surface area contributed by atoms with E-state index in [1.54, 1.807) is 18.5 Å². The molecular weight excluding hydrogens is 264 g/mol. The van der Waals surface area contributed by atoms with E-state index in [2.05, 4.69) is 20.2 Å². The maximum atomic E-state index is 9.26. The van der Waals surface area contributed by atoms with Gasteiger partial charge in [0, 0.05) is 25.7 Å². The van der Waals surface area contributed by atoms with Gasteiger partial charge in [-0.2, -0.15) is 0 Å². The molecule has 1 saturated heterocycles. The molecule has 0 unspecified atom stereocenters. The second kappa shape index (κ2) is 6.43. The molecule has 0 aliphatic carbocycles. The fraction of sp³-hybridized carbons (Fsp3) is 0.375. The van der Waals surface area contributed by atoms with Crippen molar-refractivity contribution in [3.05, 3.63) is 42.2 Å². The van der Waals surface area contributed by atoms with Crippen LogP contribution in [-0.4, -0.2) is 34.7 Å². The first-order valence-corrected chi connectivity index (χ1v) is 7.40. The van der Waals surface area contributed by atoms with Crippen molar-refractivity contribution >= 4 is 11.6 Å². The molecule has 1 aliphatic heterocycles. The molecule has 2 aromatic rings. The van der Waals surface area contributed by atoms with Gasteiger partial charge in [0.15, 0.2) is 0 Å². The van der Waals surface area contributed by atoms with E-state index in [1.165, 1.54) is 18.4 Å². The van der Waals surface area contributed by atoms with E-state index in [4.69, 9.17) is 0 Å². The number of nitrogens with zero attached hydrogens (tertiary/aromatic N) is 3. The third-order valence-corrected chi connectivity index (χ3v) is 3.74. The monoisotopic (exact) mass is 284 g/mol. The Morgan fingerprint density at radius 1 is 1.10 bits per heavy atom. The Hall–Kier alpha value is -2.30. The lowest BCUT2D eigenvalue weighted by Crippen LogP contribution is -2.19. The van der Waals surface area contributed by atoms with Crippen molar-refractivity contribution in [1.82, 2.24) is 9.97 Å². The summed E-state index contributed by atoms with van der Waals surface area (Å²) in [6.07, 6.45) is 5.00. The predicted octanol–water partition coefficient (Wildman–Crippen LogP) is 2.44. The molecule has 21 heavy (non-hydrogen) atoms. The molecule has 3 rings (SSSR count). The second-order valence-electron chi connectivity index (χ2n) is 5.30. The molecular formula is C16H20N4O. The minimum absolute atomic E-state index is 0.303. The smallest absolute Gasteiger partial charge is 0.134 e. The number of benzene rings is 1. The minimum Gasteiger partial charge on any atom is -0.508 e. The first-order valence-electron chi connectivity index (χ1n) is 7.40. The van der Waals surface area contributed by atoms with Crippen molar-refractivity contribution < 1.29 is 5.11 Å². The van der Waals surface area contributed by atoms with Gasteiger partial charge in [0.1, 0.15) is 23.7 Å². The number of hydrogen-bond acceptors (Lipinski definition) is 5. The Morgan fingerprint density at radius 2 is 1.86 bits per heavy atom. The van der Waals surface area contributed by atoms with Crippen LogP contribution in [0.1, 0.15) is 18.4 Å². The van der Waals surface area contributed by atoms with Gasteiger partial charge in [-0.05, 0) is 37.0 Å². The van der Waals surface area contributed by atoms with E-state index in [1.807, 2.05) is 18.2 Å². The number of aromatic nitrogens is 2. The largest absolute Gasteiger partial charge is 0.508 e.